The third kappa shape index (κ3) is 4.44. The number of nitrogens with zero attached hydrogens (tertiary/aromatic N) is 1. The molecule has 0 unspecified atom stereocenters. The fraction of sp³-hybridized carbons (Fsp3) is 1.00. The summed E-state index contributed by atoms with van der Waals surface area (Å²) < 4.78 is 1.81. The van der Waals surface area contributed by atoms with Gasteiger partial charge in [0.1, 0.15) is 0 Å². The van der Waals surface area contributed by atoms with Gasteiger partial charge in [0.05, 0.1) is 0 Å². The standard InChI is InChI=1S/C2H8N2Se/c1-3-4(2)5/h3,5H,1-2H3. The fourth-order valence-electron chi connectivity index (χ4n) is 0. The van der Waals surface area contributed by atoms with Crippen molar-refractivity contribution in [3.63, 3.8) is 0 Å². The molecule has 0 amide bonds. The molecule has 2 nitrogen and oxygen atoms in total. The quantitative estimate of drug-likeness (QED) is 0.365. The molecule has 0 heterocycles. The van der Waals surface area contributed by atoms with Crippen LogP contribution in [-0.4, -0.2) is 34.4 Å². The van der Waals surface area contributed by atoms with Gasteiger partial charge in [-0.3, -0.25) is 0 Å². The van der Waals surface area contributed by atoms with Crippen LogP contribution in [0.3, 0.4) is 0 Å². The number of hydrazine groups is 1. The zero-order valence-corrected chi connectivity index (χ0v) is 5.27. The molecule has 0 saturated heterocycles. The van der Waals surface area contributed by atoms with E-state index in [0.717, 1.165) is 0 Å². The van der Waals surface area contributed by atoms with Crippen LogP contribution in [-0.2, 0) is 0 Å². The van der Waals surface area contributed by atoms with E-state index in [0.29, 0.717) is 0 Å². The Kier molecular flexibility index (Phi) is 2.90. The van der Waals surface area contributed by atoms with E-state index in [1.807, 2.05) is 18.1 Å². The third-order valence-electron chi connectivity index (χ3n) is 0.324. The Hall–Kier alpha value is 0.439. The van der Waals surface area contributed by atoms with Gasteiger partial charge in [-0.05, 0) is 0 Å². The van der Waals surface area contributed by atoms with E-state index in [1.165, 1.54) is 0 Å². The second-order valence-electron chi connectivity index (χ2n) is 0.747. The van der Waals surface area contributed by atoms with E-state index in [-0.39, 0.29) is 0 Å². The molecule has 0 aromatic rings. The second kappa shape index (κ2) is 2.66. The number of nitrogens with one attached hydrogen (secondary N) is 1. The Labute approximate surface area is 40.5 Å². The molecule has 0 aliphatic carbocycles. The van der Waals surface area contributed by atoms with Crippen LogP contribution in [0.1, 0.15) is 0 Å². The van der Waals surface area contributed by atoms with E-state index >= 15 is 0 Å². The Bertz CT molecular complexity index is 21.6. The van der Waals surface area contributed by atoms with Gasteiger partial charge in [0, 0.05) is 0 Å². The summed E-state index contributed by atoms with van der Waals surface area (Å²) >= 11 is 2.33. The molecule has 0 radical (unpaired) electrons. The van der Waals surface area contributed by atoms with E-state index in [1.54, 1.807) is 0 Å². The van der Waals surface area contributed by atoms with E-state index in [4.69, 9.17) is 0 Å². The first-order chi connectivity index (χ1) is 2.27. The van der Waals surface area contributed by atoms with Gasteiger partial charge in [0.2, 0.25) is 0 Å². The molecule has 0 bridgehead atoms. The van der Waals surface area contributed by atoms with Crippen molar-refractivity contribution in [2.24, 2.45) is 0 Å². The second-order valence-corrected chi connectivity index (χ2v) is 2.01. The van der Waals surface area contributed by atoms with Crippen molar-refractivity contribution in [2.45, 2.75) is 0 Å². The Morgan fingerprint density at radius 3 is 2.00 bits per heavy atom. The normalized spacial score (nSPS) is 9.60. The van der Waals surface area contributed by atoms with Crippen molar-refractivity contribution in [1.82, 2.24) is 9.45 Å². The van der Waals surface area contributed by atoms with Crippen LogP contribution >= 0.6 is 0 Å². The van der Waals surface area contributed by atoms with Crippen LogP contribution in [0.15, 0.2) is 0 Å². The van der Waals surface area contributed by atoms with Gasteiger partial charge in [-0.2, -0.15) is 0 Å². The van der Waals surface area contributed by atoms with Gasteiger partial charge in [0.25, 0.3) is 0 Å². The van der Waals surface area contributed by atoms with Crippen molar-refractivity contribution in [3.8, 4) is 0 Å². The molecule has 3 heteroatoms. The first-order valence-electron chi connectivity index (χ1n) is 1.37. The zero-order chi connectivity index (χ0) is 4.28. The van der Waals surface area contributed by atoms with Crippen molar-refractivity contribution in [3.05, 3.63) is 0 Å². The zero-order valence-electron chi connectivity index (χ0n) is 3.39. The van der Waals surface area contributed by atoms with Gasteiger partial charge in [-0.25, -0.2) is 0 Å². The summed E-state index contributed by atoms with van der Waals surface area (Å²) in [5, 5.41) is 0. The van der Waals surface area contributed by atoms with Crippen LogP contribution < -0.4 is 5.43 Å². The molecule has 0 aromatic carbocycles. The third-order valence-corrected chi connectivity index (χ3v) is 0.743. The van der Waals surface area contributed by atoms with Gasteiger partial charge < -0.3 is 0 Å². The van der Waals surface area contributed by atoms with Crippen LogP contribution in [0.25, 0.3) is 0 Å². The molecule has 0 spiro atoms. The molecule has 0 atom stereocenters. The summed E-state index contributed by atoms with van der Waals surface area (Å²) in [6.45, 7) is 0. The summed E-state index contributed by atoms with van der Waals surface area (Å²) in [6, 6.07) is 0. The molecule has 0 rings (SSSR count). The molecular formula is C2H8N2Se. The van der Waals surface area contributed by atoms with Crippen molar-refractivity contribution >= 4 is 16.2 Å². The summed E-state index contributed by atoms with van der Waals surface area (Å²) in [5.74, 6) is 0. The minimum absolute atomic E-state index is 1.81. The Morgan fingerprint density at radius 2 is 2.00 bits per heavy atom. The van der Waals surface area contributed by atoms with Gasteiger partial charge in [0.15, 0.2) is 0 Å². The average Bonchev–Trinajstić information content (AvgIpc) is 1.38. The summed E-state index contributed by atoms with van der Waals surface area (Å²) in [7, 11) is 3.78. The van der Waals surface area contributed by atoms with Gasteiger partial charge in [-0.15, -0.1) is 0 Å². The predicted molar refractivity (Wildman–Crippen MR) is 24.0 cm³/mol. The van der Waals surface area contributed by atoms with Crippen LogP contribution in [0.5, 0.6) is 0 Å². The van der Waals surface area contributed by atoms with Gasteiger partial charge in [-0.1, -0.05) is 0 Å². The first kappa shape index (κ1) is 5.44. The Morgan fingerprint density at radius 1 is 1.80 bits per heavy atom. The molecule has 0 aromatic heterocycles. The molecule has 0 saturated carbocycles. The van der Waals surface area contributed by atoms with Gasteiger partial charge >= 0.3 is 39.8 Å². The molecule has 0 aliphatic rings. The molecule has 32 valence electrons. The van der Waals surface area contributed by atoms with Crippen molar-refractivity contribution < 1.29 is 0 Å². The van der Waals surface area contributed by atoms with Crippen molar-refractivity contribution in [2.75, 3.05) is 14.1 Å². The van der Waals surface area contributed by atoms with E-state index in [2.05, 4.69) is 21.7 Å². The van der Waals surface area contributed by atoms with Crippen LogP contribution in [0, 0.1) is 0 Å². The molecular weight excluding hydrogens is 131 g/mol. The molecule has 0 fully saturated rings. The Balaban J connectivity index is 2.54. The monoisotopic (exact) mass is 140 g/mol. The number of hydrogen-bond acceptors (Lipinski definition) is 2. The van der Waals surface area contributed by atoms with Crippen LogP contribution in [0.4, 0.5) is 0 Å². The summed E-state index contributed by atoms with van der Waals surface area (Å²) in [5.41, 5.74) is 2.83. The van der Waals surface area contributed by atoms with Crippen molar-refractivity contribution in [1.29, 1.82) is 0 Å². The first-order valence-corrected chi connectivity index (χ1v) is 2.21. The maximum atomic E-state index is 2.83. The minimum atomic E-state index is 1.81. The van der Waals surface area contributed by atoms with E-state index < -0.39 is 0 Å². The topological polar surface area (TPSA) is 15.3 Å². The molecule has 0 aliphatic heterocycles. The SMILES string of the molecule is CNN(C)[SeH]. The summed E-state index contributed by atoms with van der Waals surface area (Å²) in [4.78, 5) is 0. The molecule has 1 N–H and O–H groups in total. The predicted octanol–water partition coefficient (Wildman–Crippen LogP) is -1.13. The fourth-order valence-corrected chi connectivity index (χ4v) is 0. The number of hydrogen-bond donors (Lipinski definition) is 1. The number of rotatable bonds is 1. The molecule has 5 heavy (non-hydrogen) atoms. The average molecular weight is 139 g/mol. The summed E-state index contributed by atoms with van der Waals surface area (Å²) in [6.07, 6.45) is 0. The maximum absolute atomic E-state index is 2.83. The van der Waals surface area contributed by atoms with Crippen LogP contribution in [0.2, 0.25) is 0 Å². The van der Waals surface area contributed by atoms with E-state index in [9.17, 15) is 0 Å².